The Morgan fingerprint density at radius 1 is 1.00 bits per heavy atom. The number of anilines is 1. The zero-order chi connectivity index (χ0) is 21.6. The van der Waals surface area contributed by atoms with Gasteiger partial charge in [0.1, 0.15) is 6.04 Å². The Bertz CT molecular complexity index is 864. The molecule has 0 spiro atoms. The third kappa shape index (κ3) is 6.61. The number of rotatable bonds is 7. The maximum absolute atomic E-state index is 12.8. The summed E-state index contributed by atoms with van der Waals surface area (Å²) in [5.41, 5.74) is 2.16. The lowest BCUT2D eigenvalue weighted by molar-refractivity contribution is -0.135. The Kier molecular flexibility index (Phi) is 7.79. The Labute approximate surface area is 176 Å². The Hall–Kier alpha value is -2.86. The zero-order valence-corrected chi connectivity index (χ0v) is 17.8. The fourth-order valence-electron chi connectivity index (χ4n) is 2.71. The molecule has 0 saturated carbocycles. The maximum Gasteiger partial charge on any atom is 0.251 e. The van der Waals surface area contributed by atoms with Gasteiger partial charge in [-0.15, -0.1) is 0 Å². The molecule has 0 aliphatic carbocycles. The second kappa shape index (κ2) is 10.1. The fraction of sp³-hybridized carbons (Fsp3) is 0.318. The number of carbonyl (C=O) groups excluding carboxylic acids is 3. The third-order valence-corrected chi connectivity index (χ3v) is 4.67. The average Bonchev–Trinajstić information content (AvgIpc) is 2.67. The molecule has 0 saturated heterocycles. The minimum atomic E-state index is -0.754. The topological polar surface area (TPSA) is 78.5 Å². The predicted octanol–water partition coefficient (Wildman–Crippen LogP) is 3.50. The van der Waals surface area contributed by atoms with Crippen molar-refractivity contribution >= 4 is 35.0 Å². The largest absolute Gasteiger partial charge is 0.340 e. The van der Waals surface area contributed by atoms with E-state index in [0.717, 1.165) is 5.56 Å². The molecule has 1 unspecified atom stereocenters. The summed E-state index contributed by atoms with van der Waals surface area (Å²) in [5.74, 6) is -1.16. The highest BCUT2D eigenvalue weighted by Gasteiger charge is 2.28. The minimum absolute atomic E-state index is 0.118. The van der Waals surface area contributed by atoms with Crippen LogP contribution in [0.25, 0.3) is 0 Å². The van der Waals surface area contributed by atoms with Gasteiger partial charge in [-0.05, 0) is 49.2 Å². The molecule has 2 aromatic rings. The number of aryl methyl sites for hydroxylation is 1. The van der Waals surface area contributed by atoms with Crippen LogP contribution in [-0.4, -0.2) is 42.3 Å². The zero-order valence-electron chi connectivity index (χ0n) is 17.0. The minimum Gasteiger partial charge on any atom is -0.340 e. The number of hydrogen-bond acceptors (Lipinski definition) is 3. The average molecular weight is 416 g/mol. The molecule has 2 aromatic carbocycles. The van der Waals surface area contributed by atoms with Crippen molar-refractivity contribution in [1.29, 1.82) is 0 Å². The lowest BCUT2D eigenvalue weighted by Crippen LogP contribution is -2.51. The third-order valence-electron chi connectivity index (χ3n) is 4.42. The van der Waals surface area contributed by atoms with Crippen molar-refractivity contribution in [3.63, 3.8) is 0 Å². The molecule has 154 valence electrons. The van der Waals surface area contributed by atoms with Gasteiger partial charge in [-0.2, -0.15) is 0 Å². The van der Waals surface area contributed by atoms with Crippen molar-refractivity contribution in [2.75, 3.05) is 18.9 Å². The monoisotopic (exact) mass is 415 g/mol. The van der Waals surface area contributed by atoms with E-state index < -0.39 is 6.04 Å². The molecule has 7 heteroatoms. The molecule has 0 radical (unpaired) electrons. The number of amides is 3. The van der Waals surface area contributed by atoms with Crippen molar-refractivity contribution in [2.45, 2.75) is 26.8 Å². The van der Waals surface area contributed by atoms with Crippen LogP contribution in [0.1, 0.15) is 29.8 Å². The summed E-state index contributed by atoms with van der Waals surface area (Å²) >= 11 is 5.85. The first kappa shape index (κ1) is 22.4. The first-order chi connectivity index (χ1) is 13.7. The predicted molar refractivity (Wildman–Crippen MR) is 115 cm³/mol. The first-order valence-corrected chi connectivity index (χ1v) is 9.73. The molecule has 0 aliphatic rings. The second-order valence-electron chi connectivity index (χ2n) is 7.31. The van der Waals surface area contributed by atoms with Gasteiger partial charge in [0.2, 0.25) is 11.8 Å². The van der Waals surface area contributed by atoms with Gasteiger partial charge in [0, 0.05) is 23.3 Å². The molecule has 0 aromatic heterocycles. The lowest BCUT2D eigenvalue weighted by Gasteiger charge is -2.26. The van der Waals surface area contributed by atoms with Gasteiger partial charge in [0.05, 0.1) is 6.54 Å². The number of benzene rings is 2. The van der Waals surface area contributed by atoms with Crippen molar-refractivity contribution in [1.82, 2.24) is 10.2 Å². The molecule has 0 heterocycles. The SMILES string of the molecule is Cc1ccc(NC(=O)CN(C)C(=O)C(NC(=O)c2ccc(Cl)cc2)C(C)C)cc1. The summed E-state index contributed by atoms with van der Waals surface area (Å²) in [6, 6.07) is 13.1. The van der Waals surface area contributed by atoms with Gasteiger partial charge < -0.3 is 15.5 Å². The van der Waals surface area contributed by atoms with Crippen LogP contribution in [0.2, 0.25) is 5.02 Å². The van der Waals surface area contributed by atoms with Crippen LogP contribution >= 0.6 is 11.6 Å². The molecule has 1 atom stereocenters. The van der Waals surface area contributed by atoms with Crippen molar-refractivity contribution < 1.29 is 14.4 Å². The van der Waals surface area contributed by atoms with Gasteiger partial charge in [-0.1, -0.05) is 43.1 Å². The van der Waals surface area contributed by atoms with Crippen molar-refractivity contribution in [2.24, 2.45) is 5.92 Å². The van der Waals surface area contributed by atoms with Gasteiger partial charge in [0.25, 0.3) is 5.91 Å². The standard InChI is InChI=1S/C22H26ClN3O3/c1-14(2)20(25-21(28)16-7-9-17(23)10-8-16)22(29)26(4)13-19(27)24-18-11-5-15(3)6-12-18/h5-12,14,20H,13H2,1-4H3,(H,24,27)(H,25,28). The van der Waals surface area contributed by atoms with Crippen molar-refractivity contribution in [3.05, 3.63) is 64.7 Å². The van der Waals surface area contributed by atoms with E-state index in [2.05, 4.69) is 10.6 Å². The highest BCUT2D eigenvalue weighted by Crippen LogP contribution is 2.12. The van der Waals surface area contributed by atoms with Crippen LogP contribution in [0.15, 0.2) is 48.5 Å². The molecule has 0 fully saturated rings. The Morgan fingerprint density at radius 2 is 1.59 bits per heavy atom. The fourth-order valence-corrected chi connectivity index (χ4v) is 2.83. The Balaban J connectivity index is 1.99. The molecular weight excluding hydrogens is 390 g/mol. The molecular formula is C22H26ClN3O3. The molecule has 0 bridgehead atoms. The maximum atomic E-state index is 12.8. The Morgan fingerprint density at radius 3 is 2.14 bits per heavy atom. The summed E-state index contributed by atoms with van der Waals surface area (Å²) in [6.07, 6.45) is 0. The van der Waals surface area contributed by atoms with E-state index in [1.807, 2.05) is 32.9 Å². The van der Waals surface area contributed by atoms with E-state index in [1.165, 1.54) is 4.90 Å². The van der Waals surface area contributed by atoms with E-state index in [4.69, 9.17) is 11.6 Å². The van der Waals surface area contributed by atoms with Gasteiger partial charge >= 0.3 is 0 Å². The van der Waals surface area contributed by atoms with Crippen molar-refractivity contribution in [3.8, 4) is 0 Å². The molecule has 29 heavy (non-hydrogen) atoms. The summed E-state index contributed by atoms with van der Waals surface area (Å²) < 4.78 is 0. The number of carbonyl (C=O) groups is 3. The summed E-state index contributed by atoms with van der Waals surface area (Å²) in [4.78, 5) is 38.9. The van der Waals surface area contributed by atoms with Crippen LogP contribution in [0, 0.1) is 12.8 Å². The van der Waals surface area contributed by atoms with Crippen LogP contribution < -0.4 is 10.6 Å². The van der Waals surface area contributed by atoms with Crippen LogP contribution in [0.4, 0.5) is 5.69 Å². The smallest absolute Gasteiger partial charge is 0.251 e. The highest BCUT2D eigenvalue weighted by molar-refractivity contribution is 6.30. The number of halogens is 1. The lowest BCUT2D eigenvalue weighted by atomic mass is 10.0. The van der Waals surface area contributed by atoms with E-state index >= 15 is 0 Å². The van der Waals surface area contributed by atoms with E-state index in [-0.39, 0.29) is 30.2 Å². The number of nitrogens with one attached hydrogen (secondary N) is 2. The second-order valence-corrected chi connectivity index (χ2v) is 7.75. The molecule has 2 N–H and O–H groups in total. The summed E-state index contributed by atoms with van der Waals surface area (Å²) in [5, 5.41) is 6.04. The van der Waals surface area contributed by atoms with Gasteiger partial charge in [0.15, 0.2) is 0 Å². The highest BCUT2D eigenvalue weighted by atomic mass is 35.5. The van der Waals surface area contributed by atoms with Crippen LogP contribution in [0.5, 0.6) is 0 Å². The molecule has 6 nitrogen and oxygen atoms in total. The molecule has 2 rings (SSSR count). The number of nitrogens with zero attached hydrogens (tertiary/aromatic N) is 1. The van der Waals surface area contributed by atoms with Gasteiger partial charge in [-0.3, -0.25) is 14.4 Å². The van der Waals surface area contributed by atoms with Crippen LogP contribution in [0.3, 0.4) is 0 Å². The molecule has 3 amide bonds. The van der Waals surface area contributed by atoms with Crippen LogP contribution in [-0.2, 0) is 9.59 Å². The van der Waals surface area contributed by atoms with E-state index in [0.29, 0.717) is 16.3 Å². The van der Waals surface area contributed by atoms with E-state index in [1.54, 1.807) is 43.4 Å². The first-order valence-electron chi connectivity index (χ1n) is 9.35. The van der Waals surface area contributed by atoms with Gasteiger partial charge in [-0.25, -0.2) is 0 Å². The summed E-state index contributed by atoms with van der Waals surface area (Å²) in [6.45, 7) is 5.52. The summed E-state index contributed by atoms with van der Waals surface area (Å²) in [7, 11) is 1.54. The normalized spacial score (nSPS) is 11.7. The molecule has 0 aliphatic heterocycles. The quantitative estimate of drug-likeness (QED) is 0.726. The number of hydrogen-bond donors (Lipinski definition) is 2. The number of likely N-dealkylation sites (N-methyl/N-ethyl adjacent to an activating group) is 1. The van der Waals surface area contributed by atoms with E-state index in [9.17, 15) is 14.4 Å².